The molecule has 0 bridgehead atoms. The molecular weight excluding hydrogens is 364 g/mol. The van der Waals surface area contributed by atoms with Gasteiger partial charge in [-0.2, -0.15) is 0 Å². The van der Waals surface area contributed by atoms with E-state index in [1.807, 2.05) is 36.0 Å². The standard InChI is InChI=1S/C25H32O2S/c1-2-3-4-5-6-7-8-9-20-28-24-17-13-22(14-18-24)25(27)19-12-21-10-15-23(26)16-11-21/h10-19,26H,2-9,20H2,1H3. The van der Waals surface area contributed by atoms with Gasteiger partial charge in [0.2, 0.25) is 0 Å². The van der Waals surface area contributed by atoms with Gasteiger partial charge in [0.15, 0.2) is 5.78 Å². The molecule has 2 nitrogen and oxygen atoms in total. The van der Waals surface area contributed by atoms with Crippen LogP contribution >= 0.6 is 11.8 Å². The van der Waals surface area contributed by atoms with Gasteiger partial charge in [0.05, 0.1) is 0 Å². The lowest BCUT2D eigenvalue weighted by atomic mass is 10.1. The average molecular weight is 397 g/mol. The van der Waals surface area contributed by atoms with Gasteiger partial charge in [0.1, 0.15) is 5.75 Å². The number of hydrogen-bond donors (Lipinski definition) is 1. The van der Waals surface area contributed by atoms with Crippen molar-refractivity contribution in [2.24, 2.45) is 0 Å². The van der Waals surface area contributed by atoms with Crippen molar-refractivity contribution in [2.45, 2.75) is 63.2 Å². The lowest BCUT2D eigenvalue weighted by molar-refractivity contribution is 0.104. The van der Waals surface area contributed by atoms with Gasteiger partial charge >= 0.3 is 0 Å². The number of phenolic OH excluding ortho intramolecular Hbond substituents is 1. The van der Waals surface area contributed by atoms with Crippen molar-refractivity contribution in [3.8, 4) is 5.75 Å². The van der Waals surface area contributed by atoms with E-state index in [0.717, 1.165) is 11.3 Å². The summed E-state index contributed by atoms with van der Waals surface area (Å²) in [6.45, 7) is 2.26. The van der Waals surface area contributed by atoms with E-state index in [9.17, 15) is 9.90 Å². The maximum absolute atomic E-state index is 12.3. The quantitative estimate of drug-likeness (QED) is 0.165. The van der Waals surface area contributed by atoms with E-state index in [0.29, 0.717) is 5.56 Å². The number of benzene rings is 2. The molecule has 0 amide bonds. The Kier molecular flexibility index (Phi) is 10.5. The van der Waals surface area contributed by atoms with E-state index in [2.05, 4.69) is 6.92 Å². The molecule has 0 radical (unpaired) electrons. The molecule has 3 heteroatoms. The minimum atomic E-state index is -0.00676. The minimum Gasteiger partial charge on any atom is -0.508 e. The van der Waals surface area contributed by atoms with Gasteiger partial charge in [-0.25, -0.2) is 0 Å². The summed E-state index contributed by atoms with van der Waals surface area (Å²) in [5.74, 6) is 1.36. The monoisotopic (exact) mass is 396 g/mol. The normalized spacial score (nSPS) is 11.2. The van der Waals surface area contributed by atoms with Crippen LogP contribution in [0.15, 0.2) is 59.5 Å². The van der Waals surface area contributed by atoms with Gasteiger partial charge in [-0.15, -0.1) is 11.8 Å². The molecule has 0 saturated carbocycles. The molecular formula is C25H32O2S. The fraction of sp³-hybridized carbons (Fsp3) is 0.400. The van der Waals surface area contributed by atoms with Gasteiger partial charge < -0.3 is 5.11 Å². The first-order valence-electron chi connectivity index (χ1n) is 10.4. The van der Waals surface area contributed by atoms with Crippen molar-refractivity contribution in [1.82, 2.24) is 0 Å². The van der Waals surface area contributed by atoms with Crippen molar-refractivity contribution >= 4 is 23.6 Å². The number of carbonyl (C=O) groups is 1. The Morgan fingerprint density at radius 3 is 2.11 bits per heavy atom. The highest BCUT2D eigenvalue weighted by Gasteiger charge is 2.02. The number of hydrogen-bond acceptors (Lipinski definition) is 3. The summed E-state index contributed by atoms with van der Waals surface area (Å²) in [6.07, 6.45) is 14.1. The van der Waals surface area contributed by atoms with E-state index in [-0.39, 0.29) is 11.5 Å². The summed E-state index contributed by atoms with van der Waals surface area (Å²) in [5.41, 5.74) is 1.59. The molecule has 150 valence electrons. The first kappa shape index (κ1) is 22.3. The third kappa shape index (κ3) is 8.79. The van der Waals surface area contributed by atoms with E-state index in [1.165, 1.54) is 56.3 Å². The summed E-state index contributed by atoms with van der Waals surface area (Å²) in [5, 5.41) is 9.29. The van der Waals surface area contributed by atoms with Gasteiger partial charge in [0, 0.05) is 10.5 Å². The number of carbonyl (C=O) groups excluding carboxylic acids is 1. The van der Waals surface area contributed by atoms with Crippen LogP contribution in [0.1, 0.15) is 74.2 Å². The Morgan fingerprint density at radius 1 is 0.857 bits per heavy atom. The molecule has 2 rings (SSSR count). The Bertz CT molecular complexity index is 717. The molecule has 1 N–H and O–H groups in total. The number of allylic oxidation sites excluding steroid dienone is 1. The number of rotatable bonds is 13. The zero-order valence-corrected chi connectivity index (χ0v) is 17.7. The molecule has 0 aromatic heterocycles. The number of aromatic hydroxyl groups is 1. The Labute approximate surface area is 174 Å². The number of unbranched alkanes of at least 4 members (excludes halogenated alkanes) is 7. The summed E-state index contributed by atoms with van der Waals surface area (Å²) in [4.78, 5) is 13.5. The third-order valence-electron chi connectivity index (χ3n) is 4.73. The van der Waals surface area contributed by atoms with Crippen LogP contribution in [0.3, 0.4) is 0 Å². The highest BCUT2D eigenvalue weighted by molar-refractivity contribution is 7.99. The zero-order chi connectivity index (χ0) is 20.0. The molecule has 28 heavy (non-hydrogen) atoms. The second-order valence-electron chi connectivity index (χ2n) is 7.14. The van der Waals surface area contributed by atoms with Crippen LogP contribution in [0, 0.1) is 0 Å². The maximum atomic E-state index is 12.3. The third-order valence-corrected chi connectivity index (χ3v) is 5.82. The highest BCUT2D eigenvalue weighted by Crippen LogP contribution is 2.21. The van der Waals surface area contributed by atoms with Crippen LogP contribution in [0.5, 0.6) is 5.75 Å². The molecule has 0 unspecified atom stereocenters. The maximum Gasteiger partial charge on any atom is 0.185 e. The predicted molar refractivity (Wildman–Crippen MR) is 121 cm³/mol. The van der Waals surface area contributed by atoms with Crippen molar-refractivity contribution in [1.29, 1.82) is 0 Å². The molecule has 0 spiro atoms. The lowest BCUT2D eigenvalue weighted by Gasteiger charge is -2.04. The SMILES string of the molecule is CCCCCCCCCCSc1ccc(C(=O)C=Cc2ccc(O)cc2)cc1. The highest BCUT2D eigenvalue weighted by atomic mass is 32.2. The van der Waals surface area contributed by atoms with Gasteiger partial charge in [-0.3, -0.25) is 4.79 Å². The fourth-order valence-corrected chi connectivity index (χ4v) is 3.91. The van der Waals surface area contributed by atoms with E-state index < -0.39 is 0 Å². The van der Waals surface area contributed by atoms with Crippen LogP contribution in [0.2, 0.25) is 0 Å². The summed E-state index contributed by atoms with van der Waals surface area (Å²) in [7, 11) is 0. The van der Waals surface area contributed by atoms with Crippen LogP contribution in [0.25, 0.3) is 6.08 Å². The van der Waals surface area contributed by atoms with Gasteiger partial charge in [0.25, 0.3) is 0 Å². The first-order chi connectivity index (χ1) is 13.7. The molecule has 0 aliphatic heterocycles. The average Bonchev–Trinajstić information content (AvgIpc) is 2.72. The molecule has 2 aromatic rings. The second-order valence-corrected chi connectivity index (χ2v) is 8.31. The Morgan fingerprint density at radius 2 is 1.46 bits per heavy atom. The summed E-state index contributed by atoms with van der Waals surface area (Å²) < 4.78 is 0. The fourth-order valence-electron chi connectivity index (χ4n) is 2.99. The Hall–Kier alpha value is -2.00. The number of phenols is 1. The molecule has 0 saturated heterocycles. The minimum absolute atomic E-state index is 0.00676. The summed E-state index contributed by atoms with van der Waals surface area (Å²) >= 11 is 1.87. The zero-order valence-electron chi connectivity index (χ0n) is 16.9. The topological polar surface area (TPSA) is 37.3 Å². The van der Waals surface area contributed by atoms with Crippen LogP contribution in [-0.2, 0) is 0 Å². The van der Waals surface area contributed by atoms with Crippen molar-refractivity contribution in [3.05, 3.63) is 65.7 Å². The van der Waals surface area contributed by atoms with E-state index >= 15 is 0 Å². The van der Waals surface area contributed by atoms with Crippen LogP contribution in [-0.4, -0.2) is 16.6 Å². The van der Waals surface area contributed by atoms with Crippen molar-refractivity contribution < 1.29 is 9.90 Å². The largest absolute Gasteiger partial charge is 0.508 e. The Balaban J connectivity index is 1.66. The van der Waals surface area contributed by atoms with Gasteiger partial charge in [-0.1, -0.05) is 70.1 Å². The van der Waals surface area contributed by atoms with Crippen LogP contribution < -0.4 is 0 Å². The molecule has 0 atom stereocenters. The van der Waals surface area contributed by atoms with Gasteiger partial charge in [-0.05, 0) is 60.2 Å². The summed E-state index contributed by atoms with van der Waals surface area (Å²) in [6, 6.07) is 14.7. The molecule has 0 fully saturated rings. The predicted octanol–water partition coefficient (Wildman–Crippen LogP) is 7.52. The second kappa shape index (κ2) is 13.2. The lowest BCUT2D eigenvalue weighted by Crippen LogP contribution is -1.93. The van der Waals surface area contributed by atoms with E-state index in [1.54, 1.807) is 36.4 Å². The van der Waals surface area contributed by atoms with Crippen molar-refractivity contribution in [2.75, 3.05) is 5.75 Å². The van der Waals surface area contributed by atoms with E-state index in [4.69, 9.17) is 0 Å². The van der Waals surface area contributed by atoms with Crippen molar-refractivity contribution in [3.63, 3.8) is 0 Å². The molecule has 2 aromatic carbocycles. The molecule has 0 aliphatic rings. The molecule has 0 aliphatic carbocycles. The van der Waals surface area contributed by atoms with Crippen LogP contribution in [0.4, 0.5) is 0 Å². The smallest absolute Gasteiger partial charge is 0.185 e. The first-order valence-corrected chi connectivity index (χ1v) is 11.4. The number of ketones is 1. The molecule has 0 heterocycles. The number of thioether (sulfide) groups is 1.